The summed E-state index contributed by atoms with van der Waals surface area (Å²) in [5.74, 6) is -0.239. The van der Waals surface area contributed by atoms with Crippen LogP contribution in [-0.4, -0.2) is 30.0 Å². The molecule has 0 spiro atoms. The Balaban J connectivity index is 1.50. The molecule has 0 fully saturated rings. The molecule has 1 aliphatic rings. The summed E-state index contributed by atoms with van der Waals surface area (Å²) in [5.41, 5.74) is 1.93. The molecule has 1 aliphatic carbocycles. The highest BCUT2D eigenvalue weighted by Crippen LogP contribution is 2.27. The van der Waals surface area contributed by atoms with Crippen LogP contribution in [0.5, 0.6) is 0 Å². The zero-order valence-electron chi connectivity index (χ0n) is 16.3. The van der Waals surface area contributed by atoms with E-state index in [2.05, 4.69) is 0 Å². The first-order chi connectivity index (χ1) is 13.7. The first-order valence-corrected chi connectivity index (χ1v) is 12.1. The molecule has 0 aliphatic heterocycles. The molecule has 2 aromatic carbocycles. The van der Waals surface area contributed by atoms with Crippen molar-refractivity contribution in [1.82, 2.24) is 0 Å². The number of aryl methyl sites for hydroxylation is 2. The minimum atomic E-state index is -3.82. The highest BCUT2D eigenvalue weighted by atomic mass is 32.2. The van der Waals surface area contributed by atoms with Gasteiger partial charge in [0.2, 0.25) is 0 Å². The lowest BCUT2D eigenvalue weighted by Crippen LogP contribution is -2.16. The van der Waals surface area contributed by atoms with Gasteiger partial charge in [0.15, 0.2) is 0 Å². The number of hydrogen-bond donors (Lipinski definition) is 0. The van der Waals surface area contributed by atoms with E-state index in [4.69, 9.17) is 8.37 Å². The maximum Gasteiger partial charge on any atom is 0.296 e. The van der Waals surface area contributed by atoms with Gasteiger partial charge >= 0.3 is 0 Å². The van der Waals surface area contributed by atoms with Crippen LogP contribution in [0.1, 0.15) is 17.5 Å². The largest absolute Gasteiger partial charge is 0.296 e. The molecule has 2 atom stereocenters. The van der Waals surface area contributed by atoms with Crippen LogP contribution in [0.25, 0.3) is 0 Å². The molecule has 0 saturated carbocycles. The van der Waals surface area contributed by atoms with E-state index in [1.807, 2.05) is 26.0 Å². The lowest BCUT2D eigenvalue weighted by molar-refractivity contribution is 0.240. The quantitative estimate of drug-likeness (QED) is 0.464. The number of hydrogen-bond acceptors (Lipinski definition) is 6. The van der Waals surface area contributed by atoms with Gasteiger partial charge in [-0.2, -0.15) is 16.8 Å². The van der Waals surface area contributed by atoms with E-state index in [1.165, 1.54) is 24.3 Å². The Kier molecular flexibility index (Phi) is 6.58. The summed E-state index contributed by atoms with van der Waals surface area (Å²) in [7, 11) is -7.64. The molecular formula is C21H24O6S2. The second-order valence-corrected chi connectivity index (χ2v) is 10.5. The third kappa shape index (κ3) is 5.76. The molecule has 0 radical (unpaired) electrons. The number of benzene rings is 2. The lowest BCUT2D eigenvalue weighted by atomic mass is 10.1. The normalized spacial score (nSPS) is 19.5. The first-order valence-electron chi connectivity index (χ1n) is 9.26. The van der Waals surface area contributed by atoms with E-state index in [0.717, 1.165) is 11.1 Å². The molecule has 29 heavy (non-hydrogen) atoms. The van der Waals surface area contributed by atoms with Gasteiger partial charge in [-0.15, -0.1) is 0 Å². The van der Waals surface area contributed by atoms with E-state index in [9.17, 15) is 16.8 Å². The van der Waals surface area contributed by atoms with Gasteiger partial charge < -0.3 is 0 Å². The Hall–Kier alpha value is -2.00. The van der Waals surface area contributed by atoms with Gasteiger partial charge in [-0.25, -0.2) is 0 Å². The van der Waals surface area contributed by atoms with Crippen LogP contribution < -0.4 is 0 Å². The molecular weight excluding hydrogens is 412 g/mol. The van der Waals surface area contributed by atoms with Crippen molar-refractivity contribution in [2.75, 3.05) is 13.2 Å². The fraction of sp³-hybridized carbons (Fsp3) is 0.333. The lowest BCUT2D eigenvalue weighted by Gasteiger charge is -2.13. The summed E-state index contributed by atoms with van der Waals surface area (Å²) in [6, 6.07) is 12.9. The standard InChI is InChI=1S/C21H24O6S2/c1-16-3-9-20(10-4-16)28(22,23)26-14-18-7-8-19(13-18)15-27-29(24,25)21-11-5-17(2)6-12-21/h3-12,18-19H,13-15H2,1-2H3/t18-,19-/m1/s1. The SMILES string of the molecule is Cc1ccc(S(=O)(=O)OC[C@@H]2C=C[C@@H](COS(=O)(=O)c3ccc(C)cc3)C2)cc1. The maximum absolute atomic E-state index is 12.3. The zero-order chi connectivity index (χ0) is 21.1. The molecule has 0 unspecified atom stereocenters. The second kappa shape index (κ2) is 8.79. The molecule has 0 heterocycles. The van der Waals surface area contributed by atoms with Gasteiger partial charge in [-0.1, -0.05) is 47.5 Å². The second-order valence-electron chi connectivity index (χ2n) is 7.24. The minimum absolute atomic E-state index is 0.00786. The van der Waals surface area contributed by atoms with Crippen molar-refractivity contribution in [2.24, 2.45) is 11.8 Å². The molecule has 156 valence electrons. The Bertz CT molecular complexity index is 981. The molecule has 0 amide bonds. The highest BCUT2D eigenvalue weighted by Gasteiger charge is 2.25. The summed E-state index contributed by atoms with van der Waals surface area (Å²) in [4.78, 5) is 0.239. The Labute approximate surface area is 172 Å². The molecule has 0 aromatic heterocycles. The van der Waals surface area contributed by atoms with Crippen LogP contribution in [0.2, 0.25) is 0 Å². The fourth-order valence-corrected chi connectivity index (χ4v) is 4.93. The molecule has 8 heteroatoms. The van der Waals surface area contributed by atoms with E-state index in [0.29, 0.717) is 6.42 Å². The van der Waals surface area contributed by atoms with Crippen molar-refractivity contribution in [3.8, 4) is 0 Å². The van der Waals surface area contributed by atoms with Crippen LogP contribution >= 0.6 is 0 Å². The summed E-state index contributed by atoms with van der Waals surface area (Å²) >= 11 is 0. The van der Waals surface area contributed by atoms with E-state index in [-0.39, 0.29) is 34.8 Å². The smallest absolute Gasteiger partial charge is 0.266 e. The topological polar surface area (TPSA) is 86.7 Å². The minimum Gasteiger partial charge on any atom is -0.266 e. The van der Waals surface area contributed by atoms with Gasteiger partial charge in [0, 0.05) is 11.8 Å². The average Bonchev–Trinajstić information content (AvgIpc) is 3.14. The Morgan fingerprint density at radius 1 is 0.690 bits per heavy atom. The van der Waals surface area contributed by atoms with Crippen molar-refractivity contribution in [3.05, 3.63) is 71.8 Å². The maximum atomic E-state index is 12.3. The molecule has 3 rings (SSSR count). The summed E-state index contributed by atoms with van der Waals surface area (Å²) in [6.45, 7) is 3.77. The molecule has 6 nitrogen and oxygen atoms in total. The molecule has 0 bridgehead atoms. The first kappa shape index (κ1) is 21.7. The van der Waals surface area contributed by atoms with Crippen LogP contribution in [0.3, 0.4) is 0 Å². The summed E-state index contributed by atoms with van der Waals surface area (Å²) in [6.07, 6.45) is 4.25. The van der Waals surface area contributed by atoms with Gasteiger partial charge in [0.1, 0.15) is 0 Å². The van der Waals surface area contributed by atoms with Crippen molar-refractivity contribution in [2.45, 2.75) is 30.1 Å². The molecule has 2 aromatic rings. The predicted octanol–water partition coefficient (Wildman–Crippen LogP) is 3.61. The predicted molar refractivity (Wildman–Crippen MR) is 109 cm³/mol. The van der Waals surface area contributed by atoms with Gasteiger partial charge in [-0.05, 0) is 44.5 Å². The number of rotatable bonds is 8. The third-order valence-electron chi connectivity index (χ3n) is 4.75. The van der Waals surface area contributed by atoms with Gasteiger partial charge in [0.05, 0.1) is 23.0 Å². The zero-order valence-corrected chi connectivity index (χ0v) is 17.9. The van der Waals surface area contributed by atoms with Crippen LogP contribution in [-0.2, 0) is 28.6 Å². The van der Waals surface area contributed by atoms with E-state index >= 15 is 0 Å². The Morgan fingerprint density at radius 3 is 1.38 bits per heavy atom. The van der Waals surface area contributed by atoms with Gasteiger partial charge in [0.25, 0.3) is 20.2 Å². The third-order valence-corrected chi connectivity index (χ3v) is 7.35. The monoisotopic (exact) mass is 436 g/mol. The van der Waals surface area contributed by atoms with Crippen molar-refractivity contribution in [3.63, 3.8) is 0 Å². The molecule has 0 saturated heterocycles. The van der Waals surface area contributed by atoms with E-state index in [1.54, 1.807) is 24.3 Å². The fourth-order valence-electron chi connectivity index (χ4n) is 3.01. The molecule has 0 N–H and O–H groups in total. The van der Waals surface area contributed by atoms with Crippen LogP contribution in [0.15, 0.2) is 70.5 Å². The van der Waals surface area contributed by atoms with E-state index < -0.39 is 20.2 Å². The Morgan fingerprint density at radius 2 is 1.03 bits per heavy atom. The highest BCUT2D eigenvalue weighted by molar-refractivity contribution is 7.87. The van der Waals surface area contributed by atoms with Crippen molar-refractivity contribution < 1.29 is 25.2 Å². The van der Waals surface area contributed by atoms with Crippen molar-refractivity contribution >= 4 is 20.2 Å². The van der Waals surface area contributed by atoms with Crippen LogP contribution in [0.4, 0.5) is 0 Å². The van der Waals surface area contributed by atoms with Gasteiger partial charge in [-0.3, -0.25) is 8.37 Å². The van der Waals surface area contributed by atoms with Crippen molar-refractivity contribution in [1.29, 1.82) is 0 Å². The summed E-state index contributed by atoms with van der Waals surface area (Å²) in [5, 5.41) is 0. The summed E-state index contributed by atoms with van der Waals surface area (Å²) < 4.78 is 59.4. The average molecular weight is 437 g/mol. The van der Waals surface area contributed by atoms with Crippen LogP contribution in [0, 0.1) is 25.7 Å².